The fraction of sp³-hybridized carbons (Fsp3) is 0.545. The number of nitrogen functional groups attached to an aromatic ring is 1. The highest BCUT2D eigenvalue weighted by atomic mass is 32.2. The average Bonchev–Trinajstić information content (AvgIpc) is 2.24. The minimum Gasteiger partial charge on any atom is -0.384 e. The lowest BCUT2D eigenvalue weighted by atomic mass is 10.2. The number of rotatable bonds is 5. The highest BCUT2D eigenvalue weighted by molar-refractivity contribution is 7.98. The van der Waals surface area contributed by atoms with E-state index in [1.807, 2.05) is 30.0 Å². The second-order valence-corrected chi connectivity index (χ2v) is 4.65. The summed E-state index contributed by atoms with van der Waals surface area (Å²) in [7, 11) is 2.06. The van der Waals surface area contributed by atoms with Crippen molar-refractivity contribution in [2.24, 2.45) is 0 Å². The Balaban J connectivity index is 2.62. The number of thioether (sulfide) groups is 1. The van der Waals surface area contributed by atoms with Gasteiger partial charge in [-0.2, -0.15) is 11.8 Å². The molecule has 1 unspecified atom stereocenters. The molecule has 1 rings (SSSR count). The zero-order chi connectivity index (χ0) is 11.3. The van der Waals surface area contributed by atoms with E-state index in [2.05, 4.69) is 30.1 Å². The molecule has 0 bridgehead atoms. The van der Waals surface area contributed by atoms with Gasteiger partial charge in [0.05, 0.1) is 0 Å². The van der Waals surface area contributed by atoms with Crippen LogP contribution < -0.4 is 10.6 Å². The van der Waals surface area contributed by atoms with Crippen molar-refractivity contribution in [3.63, 3.8) is 0 Å². The minimum atomic E-state index is 0.492. The molecule has 0 fully saturated rings. The molecule has 0 aliphatic carbocycles. The van der Waals surface area contributed by atoms with Crippen molar-refractivity contribution in [1.29, 1.82) is 0 Å². The Morgan fingerprint density at radius 3 is 2.87 bits per heavy atom. The van der Waals surface area contributed by atoms with Crippen molar-refractivity contribution in [3.05, 3.63) is 18.2 Å². The molecular formula is C11H19N3S. The SMILES string of the molecule is CSCCC(C)N(C)c1cccc(N)n1. The molecule has 84 valence electrons. The summed E-state index contributed by atoms with van der Waals surface area (Å²) in [5, 5.41) is 0. The number of hydrogen-bond acceptors (Lipinski definition) is 4. The molecule has 1 atom stereocenters. The predicted octanol–water partition coefficient (Wildman–Crippen LogP) is 2.24. The van der Waals surface area contributed by atoms with Crippen LogP contribution in [0.5, 0.6) is 0 Å². The van der Waals surface area contributed by atoms with Crippen LogP contribution in [0.3, 0.4) is 0 Å². The second kappa shape index (κ2) is 5.85. The Hall–Kier alpha value is -0.900. The van der Waals surface area contributed by atoms with Gasteiger partial charge in [0.25, 0.3) is 0 Å². The van der Waals surface area contributed by atoms with Gasteiger partial charge in [0.2, 0.25) is 0 Å². The van der Waals surface area contributed by atoms with E-state index in [1.165, 1.54) is 5.75 Å². The maximum atomic E-state index is 5.65. The smallest absolute Gasteiger partial charge is 0.130 e. The Bertz CT molecular complexity index is 304. The van der Waals surface area contributed by atoms with E-state index >= 15 is 0 Å². The summed E-state index contributed by atoms with van der Waals surface area (Å²) >= 11 is 1.87. The van der Waals surface area contributed by atoms with E-state index in [0.717, 1.165) is 12.2 Å². The first-order chi connectivity index (χ1) is 7.15. The van der Waals surface area contributed by atoms with E-state index < -0.39 is 0 Å². The minimum absolute atomic E-state index is 0.492. The largest absolute Gasteiger partial charge is 0.384 e. The van der Waals surface area contributed by atoms with Crippen LogP contribution >= 0.6 is 11.8 Å². The molecule has 0 spiro atoms. The van der Waals surface area contributed by atoms with Crippen LogP contribution in [-0.4, -0.2) is 30.1 Å². The monoisotopic (exact) mass is 225 g/mol. The highest BCUT2D eigenvalue weighted by Gasteiger charge is 2.10. The number of hydrogen-bond donors (Lipinski definition) is 1. The van der Waals surface area contributed by atoms with Crippen molar-refractivity contribution in [2.45, 2.75) is 19.4 Å². The molecule has 0 radical (unpaired) electrons. The van der Waals surface area contributed by atoms with Crippen LogP contribution in [0.4, 0.5) is 11.6 Å². The lowest BCUT2D eigenvalue weighted by molar-refractivity contribution is 0.662. The molecule has 1 aromatic heterocycles. The quantitative estimate of drug-likeness (QED) is 0.834. The van der Waals surface area contributed by atoms with Crippen molar-refractivity contribution < 1.29 is 0 Å². The van der Waals surface area contributed by atoms with Crippen molar-refractivity contribution in [3.8, 4) is 0 Å². The summed E-state index contributed by atoms with van der Waals surface area (Å²) in [4.78, 5) is 6.47. The van der Waals surface area contributed by atoms with Gasteiger partial charge in [0.15, 0.2) is 0 Å². The first kappa shape index (κ1) is 12.2. The second-order valence-electron chi connectivity index (χ2n) is 3.66. The van der Waals surface area contributed by atoms with E-state index in [-0.39, 0.29) is 0 Å². The lowest BCUT2D eigenvalue weighted by Gasteiger charge is -2.25. The Labute approximate surface area is 96.1 Å². The van der Waals surface area contributed by atoms with Gasteiger partial charge in [-0.25, -0.2) is 4.98 Å². The molecule has 0 saturated heterocycles. The Morgan fingerprint density at radius 1 is 1.53 bits per heavy atom. The van der Waals surface area contributed by atoms with E-state index in [1.54, 1.807) is 0 Å². The number of aromatic nitrogens is 1. The molecule has 0 amide bonds. The van der Waals surface area contributed by atoms with E-state index in [4.69, 9.17) is 5.73 Å². The summed E-state index contributed by atoms with van der Waals surface area (Å²) in [6.45, 7) is 2.21. The third-order valence-electron chi connectivity index (χ3n) is 2.52. The summed E-state index contributed by atoms with van der Waals surface area (Å²) in [6, 6.07) is 6.23. The maximum Gasteiger partial charge on any atom is 0.130 e. The molecule has 4 heteroatoms. The number of pyridine rings is 1. The van der Waals surface area contributed by atoms with E-state index in [9.17, 15) is 0 Å². The van der Waals surface area contributed by atoms with Crippen molar-refractivity contribution in [2.75, 3.05) is 29.7 Å². The molecule has 15 heavy (non-hydrogen) atoms. The van der Waals surface area contributed by atoms with Crippen molar-refractivity contribution >= 4 is 23.4 Å². The van der Waals surface area contributed by atoms with Gasteiger partial charge >= 0.3 is 0 Å². The zero-order valence-corrected chi connectivity index (χ0v) is 10.4. The summed E-state index contributed by atoms with van der Waals surface area (Å²) in [5.41, 5.74) is 5.65. The lowest BCUT2D eigenvalue weighted by Crippen LogP contribution is -2.30. The Kier molecular flexibility index (Phi) is 4.75. The number of anilines is 2. The molecular weight excluding hydrogens is 206 g/mol. The van der Waals surface area contributed by atoms with Crippen LogP contribution in [0.2, 0.25) is 0 Å². The topological polar surface area (TPSA) is 42.1 Å². The van der Waals surface area contributed by atoms with Crippen LogP contribution in [0, 0.1) is 0 Å². The third kappa shape index (κ3) is 3.63. The summed E-state index contributed by atoms with van der Waals surface area (Å²) in [5.74, 6) is 2.70. The normalized spacial score (nSPS) is 12.5. The highest BCUT2D eigenvalue weighted by Crippen LogP contribution is 2.15. The van der Waals surface area contributed by atoms with Crippen molar-refractivity contribution in [1.82, 2.24) is 4.98 Å². The molecule has 0 aliphatic heterocycles. The maximum absolute atomic E-state index is 5.65. The molecule has 0 saturated carbocycles. The zero-order valence-electron chi connectivity index (χ0n) is 9.60. The van der Waals surface area contributed by atoms with Gasteiger partial charge in [-0.15, -0.1) is 0 Å². The summed E-state index contributed by atoms with van der Waals surface area (Å²) < 4.78 is 0. The first-order valence-electron chi connectivity index (χ1n) is 5.09. The van der Waals surface area contributed by atoms with Gasteiger partial charge in [-0.05, 0) is 37.5 Å². The molecule has 2 N–H and O–H groups in total. The number of nitrogens with zero attached hydrogens (tertiary/aromatic N) is 2. The molecule has 1 heterocycles. The van der Waals surface area contributed by atoms with Crippen LogP contribution in [0.1, 0.15) is 13.3 Å². The van der Waals surface area contributed by atoms with Gasteiger partial charge in [0, 0.05) is 13.1 Å². The predicted molar refractivity (Wildman–Crippen MR) is 69.5 cm³/mol. The Morgan fingerprint density at radius 2 is 2.27 bits per heavy atom. The van der Waals surface area contributed by atoms with E-state index in [0.29, 0.717) is 11.9 Å². The van der Waals surface area contributed by atoms with Crippen LogP contribution in [0.15, 0.2) is 18.2 Å². The fourth-order valence-corrected chi connectivity index (χ4v) is 1.92. The first-order valence-corrected chi connectivity index (χ1v) is 6.49. The summed E-state index contributed by atoms with van der Waals surface area (Å²) in [6.07, 6.45) is 3.29. The molecule has 3 nitrogen and oxygen atoms in total. The number of nitrogens with two attached hydrogens (primary N) is 1. The van der Waals surface area contributed by atoms with Crippen LogP contribution in [-0.2, 0) is 0 Å². The van der Waals surface area contributed by atoms with Crippen LogP contribution in [0.25, 0.3) is 0 Å². The van der Waals surface area contributed by atoms with Gasteiger partial charge in [-0.1, -0.05) is 6.07 Å². The van der Waals surface area contributed by atoms with Gasteiger partial charge in [-0.3, -0.25) is 0 Å². The molecule has 1 aromatic rings. The average molecular weight is 225 g/mol. The molecule has 0 aromatic carbocycles. The van der Waals surface area contributed by atoms with Gasteiger partial charge in [0.1, 0.15) is 11.6 Å². The molecule has 0 aliphatic rings. The fourth-order valence-electron chi connectivity index (χ4n) is 1.34. The van der Waals surface area contributed by atoms with Gasteiger partial charge < -0.3 is 10.6 Å². The standard InChI is InChI=1S/C11H19N3S/c1-9(7-8-15-3)14(2)11-6-4-5-10(12)13-11/h4-6,9H,7-8H2,1-3H3,(H2,12,13). The third-order valence-corrected chi connectivity index (χ3v) is 3.16.